The van der Waals surface area contributed by atoms with Crippen molar-refractivity contribution >= 4 is 0 Å². The molecule has 0 radical (unpaired) electrons. The largest absolute Gasteiger partial charge is 0.393 e. The summed E-state index contributed by atoms with van der Waals surface area (Å²) in [5.74, 6) is 4.03. The van der Waals surface area contributed by atoms with Crippen LogP contribution in [0.1, 0.15) is 106 Å². The van der Waals surface area contributed by atoms with Crippen molar-refractivity contribution in [3.63, 3.8) is 0 Å². The topological polar surface area (TPSA) is 20.2 Å². The SMILES string of the molecule is CC1CCCC2(C)CCC3C(=CCC4C3(C)CCC3C(C)(C)C(O)CCC34C)C12. The fraction of sp³-hybridized carbons (Fsp3) is 0.929. The number of rotatable bonds is 0. The Balaban J connectivity index is 1.54. The smallest absolute Gasteiger partial charge is 0.0594 e. The van der Waals surface area contributed by atoms with Crippen LogP contribution in [0.15, 0.2) is 11.6 Å². The molecule has 5 aliphatic rings. The molecule has 0 heterocycles. The lowest BCUT2D eigenvalue weighted by Crippen LogP contribution is -2.61. The number of allylic oxidation sites excluding steroid dienone is 2. The number of hydrogen-bond donors (Lipinski definition) is 1. The highest BCUT2D eigenvalue weighted by Gasteiger charge is 2.64. The van der Waals surface area contributed by atoms with E-state index in [0.29, 0.717) is 22.2 Å². The Morgan fingerprint density at radius 2 is 1.55 bits per heavy atom. The van der Waals surface area contributed by atoms with Crippen molar-refractivity contribution in [1.82, 2.24) is 0 Å². The van der Waals surface area contributed by atoms with Crippen LogP contribution in [0.4, 0.5) is 0 Å². The summed E-state index contributed by atoms with van der Waals surface area (Å²) in [5, 5.41) is 10.8. The molecule has 0 aromatic carbocycles. The van der Waals surface area contributed by atoms with E-state index in [9.17, 15) is 5.11 Å². The highest BCUT2D eigenvalue weighted by Crippen LogP contribution is 2.71. The predicted octanol–water partition coefficient (Wildman–Crippen LogP) is 7.39. The molecule has 9 atom stereocenters. The van der Waals surface area contributed by atoms with Gasteiger partial charge in [-0.1, -0.05) is 66.0 Å². The van der Waals surface area contributed by atoms with Gasteiger partial charge in [0.05, 0.1) is 6.10 Å². The Bertz CT molecular complexity index is 705. The van der Waals surface area contributed by atoms with Gasteiger partial charge in [0.1, 0.15) is 0 Å². The fourth-order valence-corrected chi connectivity index (χ4v) is 10.5. The summed E-state index contributed by atoms with van der Waals surface area (Å²) in [5.41, 5.74) is 3.42. The van der Waals surface area contributed by atoms with Gasteiger partial charge in [-0.25, -0.2) is 0 Å². The Kier molecular flexibility index (Phi) is 4.52. The second kappa shape index (κ2) is 6.36. The lowest BCUT2D eigenvalue weighted by atomic mass is 9.37. The van der Waals surface area contributed by atoms with Crippen LogP contribution in [-0.4, -0.2) is 11.2 Å². The molecule has 5 aliphatic carbocycles. The van der Waals surface area contributed by atoms with Crippen LogP contribution in [0.5, 0.6) is 0 Å². The van der Waals surface area contributed by atoms with Gasteiger partial charge >= 0.3 is 0 Å². The molecule has 0 aliphatic heterocycles. The molecule has 5 rings (SSSR count). The summed E-state index contributed by atoms with van der Waals surface area (Å²) in [6, 6.07) is 0. The molecule has 4 saturated carbocycles. The van der Waals surface area contributed by atoms with Crippen LogP contribution in [0, 0.1) is 51.2 Å². The maximum absolute atomic E-state index is 10.8. The third-order valence-corrected chi connectivity index (χ3v) is 12.0. The van der Waals surface area contributed by atoms with Crippen molar-refractivity contribution in [2.45, 2.75) is 112 Å². The predicted molar refractivity (Wildman–Crippen MR) is 121 cm³/mol. The summed E-state index contributed by atoms with van der Waals surface area (Å²) in [7, 11) is 0. The van der Waals surface area contributed by atoms with Gasteiger partial charge in [-0.3, -0.25) is 0 Å². The molecular formula is C28H46O. The molecule has 0 aromatic heterocycles. The summed E-state index contributed by atoms with van der Waals surface area (Å²) in [4.78, 5) is 0. The highest BCUT2D eigenvalue weighted by atomic mass is 16.3. The standard InChI is InChI=1S/C28H46O/c1-18-8-7-14-26(4)15-11-20-19(24(18)26)9-10-22-27(20,5)16-12-21-25(2,3)23(29)13-17-28(21,22)6/h9,18,20-24,29H,7-8,10-17H2,1-6H3. The molecule has 29 heavy (non-hydrogen) atoms. The van der Waals surface area contributed by atoms with Crippen LogP contribution in [0.25, 0.3) is 0 Å². The lowest BCUT2D eigenvalue weighted by molar-refractivity contribution is -0.185. The molecule has 9 unspecified atom stereocenters. The van der Waals surface area contributed by atoms with Gasteiger partial charge < -0.3 is 5.11 Å². The molecule has 0 amide bonds. The molecule has 1 N–H and O–H groups in total. The number of aliphatic hydroxyl groups is 1. The quantitative estimate of drug-likeness (QED) is 0.422. The normalized spacial score (nSPS) is 56.3. The maximum atomic E-state index is 10.8. The summed E-state index contributed by atoms with van der Waals surface area (Å²) < 4.78 is 0. The van der Waals surface area contributed by atoms with E-state index in [1.54, 1.807) is 0 Å². The highest BCUT2D eigenvalue weighted by molar-refractivity contribution is 5.28. The average Bonchev–Trinajstić information content (AvgIpc) is 2.64. The summed E-state index contributed by atoms with van der Waals surface area (Å²) in [6.07, 6.45) is 16.2. The maximum Gasteiger partial charge on any atom is 0.0594 e. The molecule has 4 fully saturated rings. The van der Waals surface area contributed by atoms with E-state index in [-0.39, 0.29) is 11.5 Å². The van der Waals surface area contributed by atoms with Crippen LogP contribution >= 0.6 is 0 Å². The van der Waals surface area contributed by atoms with E-state index in [1.165, 1.54) is 57.8 Å². The minimum absolute atomic E-state index is 0.0708. The van der Waals surface area contributed by atoms with E-state index >= 15 is 0 Å². The minimum atomic E-state index is -0.113. The molecule has 164 valence electrons. The van der Waals surface area contributed by atoms with Crippen molar-refractivity contribution in [1.29, 1.82) is 0 Å². The van der Waals surface area contributed by atoms with Gasteiger partial charge in [0.25, 0.3) is 0 Å². The first-order valence-corrected chi connectivity index (χ1v) is 12.9. The Labute approximate surface area is 180 Å². The fourth-order valence-electron chi connectivity index (χ4n) is 10.5. The zero-order chi connectivity index (χ0) is 20.8. The van der Waals surface area contributed by atoms with Crippen molar-refractivity contribution in [3.8, 4) is 0 Å². The number of fused-ring (bicyclic) bond motifs is 7. The minimum Gasteiger partial charge on any atom is -0.393 e. The van der Waals surface area contributed by atoms with E-state index in [1.807, 2.05) is 5.57 Å². The molecule has 0 aromatic rings. The third kappa shape index (κ3) is 2.61. The van der Waals surface area contributed by atoms with Crippen LogP contribution in [0.2, 0.25) is 0 Å². The Morgan fingerprint density at radius 1 is 0.828 bits per heavy atom. The van der Waals surface area contributed by atoms with Gasteiger partial charge in [-0.2, -0.15) is 0 Å². The summed E-state index contributed by atoms with van der Waals surface area (Å²) >= 11 is 0. The van der Waals surface area contributed by atoms with E-state index < -0.39 is 0 Å². The third-order valence-electron chi connectivity index (χ3n) is 12.0. The van der Waals surface area contributed by atoms with Crippen LogP contribution in [0.3, 0.4) is 0 Å². The van der Waals surface area contributed by atoms with Crippen molar-refractivity contribution in [3.05, 3.63) is 11.6 Å². The number of hydrogen-bond acceptors (Lipinski definition) is 1. The first-order chi connectivity index (χ1) is 13.5. The van der Waals surface area contributed by atoms with E-state index in [2.05, 4.69) is 47.6 Å². The van der Waals surface area contributed by atoms with Gasteiger partial charge in [-0.05, 0) is 103 Å². The molecule has 0 saturated heterocycles. The molecular weight excluding hydrogens is 352 g/mol. The van der Waals surface area contributed by atoms with Gasteiger partial charge in [-0.15, -0.1) is 0 Å². The molecule has 1 heteroatoms. The number of aliphatic hydroxyl groups excluding tert-OH is 1. The van der Waals surface area contributed by atoms with Crippen molar-refractivity contribution in [2.24, 2.45) is 51.2 Å². The Morgan fingerprint density at radius 3 is 2.31 bits per heavy atom. The Hall–Kier alpha value is -0.300. The van der Waals surface area contributed by atoms with E-state index in [4.69, 9.17) is 0 Å². The van der Waals surface area contributed by atoms with E-state index in [0.717, 1.165) is 30.1 Å². The molecule has 0 bridgehead atoms. The first-order valence-electron chi connectivity index (χ1n) is 12.9. The van der Waals surface area contributed by atoms with Gasteiger partial charge in [0.15, 0.2) is 0 Å². The lowest BCUT2D eigenvalue weighted by Gasteiger charge is -2.68. The van der Waals surface area contributed by atoms with Crippen LogP contribution < -0.4 is 0 Å². The van der Waals surface area contributed by atoms with Gasteiger partial charge in [0, 0.05) is 0 Å². The zero-order valence-corrected chi connectivity index (χ0v) is 20.1. The second-order valence-corrected chi connectivity index (χ2v) is 13.6. The second-order valence-electron chi connectivity index (χ2n) is 13.6. The summed E-state index contributed by atoms with van der Waals surface area (Å²) in [6.45, 7) is 15.2. The molecule has 0 spiro atoms. The van der Waals surface area contributed by atoms with Crippen LogP contribution in [-0.2, 0) is 0 Å². The molecule has 1 nitrogen and oxygen atoms in total. The zero-order valence-electron chi connectivity index (χ0n) is 20.1. The monoisotopic (exact) mass is 398 g/mol. The van der Waals surface area contributed by atoms with Gasteiger partial charge in [0.2, 0.25) is 0 Å². The van der Waals surface area contributed by atoms with Crippen molar-refractivity contribution in [2.75, 3.05) is 0 Å². The average molecular weight is 399 g/mol. The first kappa shape index (κ1) is 20.6. The van der Waals surface area contributed by atoms with Crippen molar-refractivity contribution < 1.29 is 5.11 Å².